The highest BCUT2D eigenvalue weighted by Gasteiger charge is 2.61. The zero-order valence-corrected chi connectivity index (χ0v) is 18.9. The summed E-state index contributed by atoms with van der Waals surface area (Å²) in [6.07, 6.45) is -3.83. The van der Waals surface area contributed by atoms with Gasteiger partial charge in [0.05, 0.1) is 12.8 Å². The number of methoxy groups -OCH3 is 1. The zero-order chi connectivity index (χ0) is 22.3. The average molecular weight is 461 g/mol. The lowest BCUT2D eigenvalue weighted by atomic mass is 9.80. The quantitative estimate of drug-likeness (QED) is 0.468. The van der Waals surface area contributed by atoms with Gasteiger partial charge in [-0.2, -0.15) is 13.2 Å². The highest BCUT2D eigenvalue weighted by atomic mass is 35.5. The third-order valence-electron chi connectivity index (χ3n) is 5.01. The van der Waals surface area contributed by atoms with Gasteiger partial charge in [0, 0.05) is 37.0 Å². The van der Waals surface area contributed by atoms with Crippen LogP contribution in [0.4, 0.5) is 24.5 Å². The maximum absolute atomic E-state index is 14.2. The molecule has 0 saturated heterocycles. The highest BCUT2D eigenvalue weighted by molar-refractivity contribution is 6.76. The molecule has 0 amide bonds. The van der Waals surface area contributed by atoms with E-state index in [0.717, 1.165) is 18.2 Å². The lowest BCUT2D eigenvalue weighted by molar-refractivity contribution is -0.248. The van der Waals surface area contributed by atoms with Gasteiger partial charge in [-0.05, 0) is 30.3 Å². The molecule has 30 heavy (non-hydrogen) atoms. The molecule has 1 atom stereocenters. The van der Waals surface area contributed by atoms with Gasteiger partial charge in [-0.25, -0.2) is 4.98 Å². The van der Waals surface area contributed by atoms with E-state index in [2.05, 4.69) is 24.6 Å². The molecule has 0 aliphatic carbocycles. The molecule has 1 aliphatic heterocycles. The van der Waals surface area contributed by atoms with E-state index in [9.17, 15) is 18.3 Å². The van der Waals surface area contributed by atoms with Crippen LogP contribution in [0.1, 0.15) is 11.1 Å². The van der Waals surface area contributed by atoms with Gasteiger partial charge in [0.2, 0.25) is 11.5 Å². The molecule has 0 bridgehead atoms. The van der Waals surface area contributed by atoms with E-state index in [0.29, 0.717) is 6.61 Å². The molecule has 1 aliphatic rings. The normalized spacial score (nSPS) is 18.8. The van der Waals surface area contributed by atoms with Gasteiger partial charge < -0.3 is 19.5 Å². The van der Waals surface area contributed by atoms with Crippen molar-refractivity contribution in [2.75, 3.05) is 25.3 Å². The van der Waals surface area contributed by atoms with Crippen molar-refractivity contribution in [3.8, 4) is 5.88 Å². The Balaban J connectivity index is 2.15. The van der Waals surface area contributed by atoms with Crippen LogP contribution in [-0.4, -0.2) is 44.8 Å². The third-order valence-corrected chi connectivity index (χ3v) is 6.95. The van der Waals surface area contributed by atoms with Crippen molar-refractivity contribution in [1.82, 2.24) is 4.98 Å². The predicted octanol–water partition coefficient (Wildman–Crippen LogP) is 5.31. The summed E-state index contributed by atoms with van der Waals surface area (Å²) in [5.74, 6) is -0.0374. The Morgan fingerprint density at radius 2 is 1.90 bits per heavy atom. The van der Waals surface area contributed by atoms with Crippen molar-refractivity contribution in [2.24, 2.45) is 0 Å². The summed E-state index contributed by atoms with van der Waals surface area (Å²) < 4.78 is 53.7. The van der Waals surface area contributed by atoms with E-state index < -0.39 is 19.9 Å². The fraction of sp³-hybridized carbons (Fsp3) is 0.450. The van der Waals surface area contributed by atoms with E-state index in [1.807, 2.05) is 0 Å². The molecule has 2 aromatic rings. The molecule has 2 heterocycles. The summed E-state index contributed by atoms with van der Waals surface area (Å²) in [5.41, 5.74) is -3.87. The van der Waals surface area contributed by atoms with Gasteiger partial charge >= 0.3 is 6.18 Å². The van der Waals surface area contributed by atoms with Crippen LogP contribution < -0.4 is 9.64 Å². The number of pyridine rings is 1. The smallest absolute Gasteiger partial charge is 0.425 e. The van der Waals surface area contributed by atoms with Gasteiger partial charge in [-0.15, -0.1) is 0 Å². The van der Waals surface area contributed by atoms with Crippen LogP contribution in [0.5, 0.6) is 5.88 Å². The Morgan fingerprint density at radius 1 is 1.20 bits per heavy atom. The molecule has 0 spiro atoms. The minimum Gasteiger partial charge on any atom is -0.480 e. The molecule has 0 saturated carbocycles. The van der Waals surface area contributed by atoms with E-state index in [-0.39, 0.29) is 40.1 Å². The number of nitrogens with zero attached hydrogens (tertiary/aromatic N) is 2. The second-order valence-electron chi connectivity index (χ2n) is 8.36. The fourth-order valence-electron chi connectivity index (χ4n) is 3.41. The Labute approximate surface area is 179 Å². The van der Waals surface area contributed by atoms with Crippen LogP contribution in [0.15, 0.2) is 30.5 Å². The third kappa shape index (κ3) is 4.03. The first-order valence-corrected chi connectivity index (χ1v) is 13.5. The number of rotatable bonds is 6. The molecule has 164 valence electrons. The Bertz CT molecular complexity index is 936. The number of alkyl halides is 3. The van der Waals surface area contributed by atoms with Crippen molar-refractivity contribution in [3.63, 3.8) is 0 Å². The molecular formula is C20H24ClF3N2O3Si. The van der Waals surface area contributed by atoms with Gasteiger partial charge in [0.15, 0.2) is 0 Å². The van der Waals surface area contributed by atoms with E-state index >= 15 is 0 Å². The lowest BCUT2D eigenvalue weighted by Crippen LogP contribution is -2.48. The fourth-order valence-corrected chi connectivity index (χ4v) is 4.34. The van der Waals surface area contributed by atoms with Crippen molar-refractivity contribution in [1.29, 1.82) is 0 Å². The highest BCUT2D eigenvalue weighted by Crippen LogP contribution is 2.56. The molecule has 5 nitrogen and oxygen atoms in total. The van der Waals surface area contributed by atoms with E-state index in [4.69, 9.17) is 21.1 Å². The van der Waals surface area contributed by atoms with Gasteiger partial charge in [-0.3, -0.25) is 0 Å². The summed E-state index contributed by atoms with van der Waals surface area (Å²) in [5, 5.41) is 11.1. The molecule has 0 fully saturated rings. The van der Waals surface area contributed by atoms with E-state index in [1.165, 1.54) is 30.3 Å². The number of benzene rings is 1. The van der Waals surface area contributed by atoms with Crippen molar-refractivity contribution in [2.45, 2.75) is 37.5 Å². The standard InChI is InChI=1S/C20H24ClF3N2O3Si/c1-28-18-17-14(7-8-25-18)19(27,20(22,23)24)15-11-13(21)5-6-16(15)26(17)12-29-9-10-30(2,3)4/h5-8,11,27H,9-10,12H2,1-4H3. The lowest BCUT2D eigenvalue weighted by Gasteiger charge is -2.43. The minimum absolute atomic E-state index is 0.0163. The number of aliphatic hydroxyl groups is 1. The maximum Gasteiger partial charge on any atom is 0.425 e. The first kappa shape index (κ1) is 22.9. The van der Waals surface area contributed by atoms with Crippen LogP contribution in [0.3, 0.4) is 0 Å². The number of fused-ring (bicyclic) bond motifs is 2. The average Bonchev–Trinajstić information content (AvgIpc) is 2.65. The SMILES string of the molecule is COc1nccc2c1N(COCC[Si](C)(C)C)c1ccc(Cl)cc1C2(O)C(F)(F)F. The topological polar surface area (TPSA) is 54.8 Å². The van der Waals surface area contributed by atoms with Crippen molar-refractivity contribution >= 4 is 31.0 Å². The molecule has 0 radical (unpaired) electrons. The first-order chi connectivity index (χ1) is 13.9. The van der Waals surface area contributed by atoms with Crippen molar-refractivity contribution < 1.29 is 27.8 Å². The molecular weight excluding hydrogens is 437 g/mol. The number of ether oxygens (including phenoxy) is 2. The van der Waals surface area contributed by atoms with Gasteiger partial charge in [-0.1, -0.05) is 31.2 Å². The number of halogens is 4. The largest absolute Gasteiger partial charge is 0.480 e. The summed E-state index contributed by atoms with van der Waals surface area (Å²) in [7, 11) is -0.0309. The van der Waals surface area contributed by atoms with Crippen LogP contribution in [0.25, 0.3) is 0 Å². The van der Waals surface area contributed by atoms with Crippen LogP contribution in [0, 0.1) is 0 Å². The van der Waals surface area contributed by atoms with Crippen molar-refractivity contribution in [3.05, 3.63) is 46.6 Å². The van der Waals surface area contributed by atoms with Gasteiger partial charge in [0.1, 0.15) is 12.4 Å². The van der Waals surface area contributed by atoms with E-state index in [1.54, 1.807) is 0 Å². The number of hydrogen-bond acceptors (Lipinski definition) is 5. The zero-order valence-electron chi connectivity index (χ0n) is 17.2. The number of aromatic nitrogens is 1. The van der Waals surface area contributed by atoms with Crippen LogP contribution in [0.2, 0.25) is 30.7 Å². The summed E-state index contributed by atoms with van der Waals surface area (Å²) >= 11 is 6.00. The monoisotopic (exact) mass is 460 g/mol. The second-order valence-corrected chi connectivity index (χ2v) is 14.4. The molecule has 10 heteroatoms. The Morgan fingerprint density at radius 3 is 2.50 bits per heavy atom. The molecule has 1 N–H and O–H groups in total. The maximum atomic E-state index is 14.2. The molecule has 1 aromatic carbocycles. The molecule has 1 aromatic heterocycles. The van der Waals surface area contributed by atoms with Gasteiger partial charge in [0.25, 0.3) is 0 Å². The Hall–Kier alpha value is -1.81. The van der Waals surface area contributed by atoms with Crippen LogP contribution in [-0.2, 0) is 10.3 Å². The summed E-state index contributed by atoms with van der Waals surface area (Å²) in [6, 6.07) is 6.09. The molecule has 3 rings (SSSR count). The molecule has 1 unspecified atom stereocenters. The summed E-state index contributed by atoms with van der Waals surface area (Å²) in [4.78, 5) is 5.59. The van der Waals surface area contributed by atoms with Crippen LogP contribution >= 0.6 is 11.6 Å². The number of hydrogen-bond donors (Lipinski definition) is 1. The Kier molecular flexibility index (Phi) is 6.12. The predicted molar refractivity (Wildman–Crippen MR) is 112 cm³/mol. The second kappa shape index (κ2) is 8.03. The summed E-state index contributed by atoms with van der Waals surface area (Å²) in [6.45, 7) is 7.07. The first-order valence-electron chi connectivity index (χ1n) is 9.38. The minimum atomic E-state index is -5.00. The number of anilines is 2.